The van der Waals surface area contributed by atoms with Crippen molar-refractivity contribution in [2.45, 2.75) is 13.3 Å². The standard InChI is InChI=1S/C5H11O5P/c1-2-3-5(4-6)10-11(7,8)9/h3,6H,2,4H2,1H3,(H2,7,8,9). The molecule has 0 aromatic rings. The average Bonchev–Trinajstić information content (AvgIpc) is 1.84. The van der Waals surface area contributed by atoms with E-state index in [4.69, 9.17) is 14.9 Å². The Morgan fingerprint density at radius 1 is 1.64 bits per heavy atom. The van der Waals surface area contributed by atoms with Crippen molar-refractivity contribution < 1.29 is 24.0 Å². The molecule has 6 heteroatoms. The summed E-state index contributed by atoms with van der Waals surface area (Å²) in [5.74, 6) is -0.0965. The Balaban J connectivity index is 4.10. The molecule has 0 saturated heterocycles. The zero-order chi connectivity index (χ0) is 8.91. The Morgan fingerprint density at radius 3 is 2.45 bits per heavy atom. The Morgan fingerprint density at radius 2 is 2.18 bits per heavy atom. The molecule has 0 aliphatic carbocycles. The van der Waals surface area contributed by atoms with E-state index in [1.165, 1.54) is 6.08 Å². The van der Waals surface area contributed by atoms with Crippen LogP contribution in [-0.4, -0.2) is 21.5 Å². The van der Waals surface area contributed by atoms with Gasteiger partial charge in [0.25, 0.3) is 0 Å². The number of aliphatic hydroxyl groups is 1. The fraction of sp³-hybridized carbons (Fsp3) is 0.600. The second-order valence-corrected chi connectivity index (χ2v) is 2.98. The van der Waals surface area contributed by atoms with Gasteiger partial charge in [-0.25, -0.2) is 4.57 Å². The Bertz CT molecular complexity index is 181. The van der Waals surface area contributed by atoms with Gasteiger partial charge in [-0.05, 0) is 12.5 Å². The van der Waals surface area contributed by atoms with Crippen molar-refractivity contribution in [2.75, 3.05) is 6.61 Å². The highest BCUT2D eigenvalue weighted by atomic mass is 31.2. The van der Waals surface area contributed by atoms with Crippen LogP contribution in [0.5, 0.6) is 0 Å². The molecule has 0 aliphatic rings. The number of phosphoric ester groups is 1. The Labute approximate surface area is 64.6 Å². The Kier molecular flexibility index (Phi) is 4.37. The monoisotopic (exact) mass is 182 g/mol. The van der Waals surface area contributed by atoms with Crippen LogP contribution in [-0.2, 0) is 9.09 Å². The van der Waals surface area contributed by atoms with Gasteiger partial charge in [0.1, 0.15) is 12.4 Å². The molecule has 0 atom stereocenters. The van der Waals surface area contributed by atoms with Gasteiger partial charge in [0, 0.05) is 0 Å². The molecule has 0 rings (SSSR count). The number of hydrogen-bond acceptors (Lipinski definition) is 3. The van der Waals surface area contributed by atoms with Gasteiger partial charge >= 0.3 is 7.82 Å². The topological polar surface area (TPSA) is 87.0 Å². The maximum absolute atomic E-state index is 10.2. The largest absolute Gasteiger partial charge is 0.524 e. The summed E-state index contributed by atoms with van der Waals surface area (Å²) in [6.07, 6.45) is 1.95. The van der Waals surface area contributed by atoms with Crippen molar-refractivity contribution in [3.05, 3.63) is 11.8 Å². The summed E-state index contributed by atoms with van der Waals surface area (Å²) in [6.45, 7) is 1.26. The lowest BCUT2D eigenvalue weighted by molar-refractivity contribution is 0.202. The van der Waals surface area contributed by atoms with Gasteiger partial charge in [0.15, 0.2) is 0 Å². The molecule has 11 heavy (non-hydrogen) atoms. The van der Waals surface area contributed by atoms with E-state index in [2.05, 4.69) is 4.52 Å². The van der Waals surface area contributed by atoms with Crippen molar-refractivity contribution in [3.8, 4) is 0 Å². The van der Waals surface area contributed by atoms with Gasteiger partial charge in [-0.1, -0.05) is 6.92 Å². The first-order valence-corrected chi connectivity index (χ1v) is 4.57. The van der Waals surface area contributed by atoms with Gasteiger partial charge in [-0.15, -0.1) is 0 Å². The van der Waals surface area contributed by atoms with Crippen LogP contribution >= 0.6 is 7.82 Å². The first-order chi connectivity index (χ1) is 4.99. The number of phosphoric acid groups is 1. The summed E-state index contributed by atoms with van der Waals surface area (Å²) in [6, 6.07) is 0. The highest BCUT2D eigenvalue weighted by molar-refractivity contribution is 7.46. The normalized spacial score (nSPS) is 13.3. The molecule has 0 aliphatic heterocycles. The molecular weight excluding hydrogens is 171 g/mol. The highest BCUT2D eigenvalue weighted by Gasteiger charge is 2.16. The zero-order valence-corrected chi connectivity index (χ0v) is 6.99. The lowest BCUT2D eigenvalue weighted by Crippen LogP contribution is -1.95. The maximum atomic E-state index is 10.2. The third-order valence-electron chi connectivity index (χ3n) is 0.824. The molecule has 0 heterocycles. The third-order valence-corrected chi connectivity index (χ3v) is 1.30. The smallest absolute Gasteiger partial charge is 0.407 e. The molecule has 0 fully saturated rings. The average molecular weight is 182 g/mol. The second-order valence-electron chi connectivity index (χ2n) is 1.82. The van der Waals surface area contributed by atoms with Crippen molar-refractivity contribution in [1.29, 1.82) is 0 Å². The van der Waals surface area contributed by atoms with E-state index >= 15 is 0 Å². The molecule has 0 bridgehead atoms. The first-order valence-electron chi connectivity index (χ1n) is 3.04. The van der Waals surface area contributed by atoms with Gasteiger partial charge < -0.3 is 9.63 Å². The van der Waals surface area contributed by atoms with Crippen molar-refractivity contribution in [2.24, 2.45) is 0 Å². The van der Waals surface area contributed by atoms with Gasteiger partial charge in [0.2, 0.25) is 0 Å². The third kappa shape index (κ3) is 6.06. The molecule has 0 radical (unpaired) electrons. The lowest BCUT2D eigenvalue weighted by atomic mass is 10.4. The molecule has 0 aromatic heterocycles. The first kappa shape index (κ1) is 10.7. The molecule has 66 valence electrons. The summed E-state index contributed by atoms with van der Waals surface area (Å²) >= 11 is 0. The predicted octanol–water partition coefficient (Wildman–Crippen LogP) is 0.382. The highest BCUT2D eigenvalue weighted by Crippen LogP contribution is 2.38. The summed E-state index contributed by atoms with van der Waals surface area (Å²) < 4.78 is 14.3. The molecule has 0 amide bonds. The van der Waals surface area contributed by atoms with E-state index in [-0.39, 0.29) is 5.76 Å². The van der Waals surface area contributed by atoms with Crippen LogP contribution in [0.4, 0.5) is 0 Å². The Hall–Kier alpha value is -0.350. The quantitative estimate of drug-likeness (QED) is 0.432. The van der Waals surface area contributed by atoms with Crippen LogP contribution in [0.2, 0.25) is 0 Å². The minimum absolute atomic E-state index is 0.0965. The second kappa shape index (κ2) is 4.51. The fourth-order valence-corrected chi connectivity index (χ4v) is 0.949. The SMILES string of the molecule is CCC=C(CO)OP(=O)(O)O. The van der Waals surface area contributed by atoms with E-state index < -0.39 is 14.4 Å². The van der Waals surface area contributed by atoms with Crippen LogP contribution in [0.25, 0.3) is 0 Å². The van der Waals surface area contributed by atoms with E-state index in [0.717, 1.165) is 0 Å². The van der Waals surface area contributed by atoms with E-state index in [0.29, 0.717) is 6.42 Å². The van der Waals surface area contributed by atoms with Gasteiger partial charge in [-0.2, -0.15) is 0 Å². The van der Waals surface area contributed by atoms with Crippen molar-refractivity contribution >= 4 is 7.82 Å². The number of aliphatic hydroxyl groups excluding tert-OH is 1. The summed E-state index contributed by atoms with van der Waals surface area (Å²) in [7, 11) is -4.50. The number of hydrogen-bond donors (Lipinski definition) is 3. The molecule has 0 spiro atoms. The van der Waals surface area contributed by atoms with Crippen LogP contribution in [0.15, 0.2) is 11.8 Å². The van der Waals surface area contributed by atoms with Crippen LogP contribution in [0.1, 0.15) is 13.3 Å². The summed E-state index contributed by atoms with van der Waals surface area (Å²) in [5.41, 5.74) is 0. The minimum atomic E-state index is -4.50. The predicted molar refractivity (Wildman–Crippen MR) is 38.6 cm³/mol. The van der Waals surface area contributed by atoms with E-state index in [1.54, 1.807) is 6.92 Å². The van der Waals surface area contributed by atoms with E-state index in [1.807, 2.05) is 0 Å². The molecule has 0 saturated carbocycles. The zero-order valence-electron chi connectivity index (χ0n) is 6.10. The summed E-state index contributed by atoms with van der Waals surface area (Å²) in [5, 5.41) is 8.48. The van der Waals surface area contributed by atoms with Crippen LogP contribution < -0.4 is 0 Å². The molecule has 0 aromatic carbocycles. The lowest BCUT2D eigenvalue weighted by Gasteiger charge is -2.07. The van der Waals surface area contributed by atoms with Crippen molar-refractivity contribution in [1.82, 2.24) is 0 Å². The maximum Gasteiger partial charge on any atom is 0.524 e. The number of allylic oxidation sites excluding steroid dienone is 1. The van der Waals surface area contributed by atoms with Crippen LogP contribution in [0, 0.1) is 0 Å². The molecule has 5 nitrogen and oxygen atoms in total. The van der Waals surface area contributed by atoms with E-state index in [9.17, 15) is 4.57 Å². The van der Waals surface area contributed by atoms with Crippen molar-refractivity contribution in [3.63, 3.8) is 0 Å². The minimum Gasteiger partial charge on any atom is -0.407 e. The molecule has 0 unspecified atom stereocenters. The molecule has 3 N–H and O–H groups in total. The van der Waals surface area contributed by atoms with Crippen LogP contribution in [0.3, 0.4) is 0 Å². The van der Waals surface area contributed by atoms with Gasteiger partial charge in [0.05, 0.1) is 0 Å². The molecular formula is C5H11O5P. The number of rotatable bonds is 4. The van der Waals surface area contributed by atoms with Gasteiger partial charge in [-0.3, -0.25) is 9.79 Å². The summed E-state index contributed by atoms with van der Waals surface area (Å²) in [4.78, 5) is 16.6. The fourth-order valence-electron chi connectivity index (χ4n) is 0.511.